The van der Waals surface area contributed by atoms with Crippen molar-refractivity contribution in [2.45, 2.75) is 39.3 Å². The monoisotopic (exact) mass is 280 g/mol. The minimum absolute atomic E-state index is 0.0106. The number of anilines is 1. The maximum absolute atomic E-state index is 13.7. The van der Waals surface area contributed by atoms with Crippen LogP contribution in [0.1, 0.15) is 37.6 Å². The Morgan fingerprint density at radius 1 is 1.55 bits per heavy atom. The van der Waals surface area contributed by atoms with Crippen molar-refractivity contribution in [3.63, 3.8) is 0 Å². The molecule has 0 heterocycles. The highest BCUT2D eigenvalue weighted by atomic mass is 19.1. The van der Waals surface area contributed by atoms with Crippen molar-refractivity contribution in [1.29, 1.82) is 0 Å². The first kappa shape index (κ1) is 14.8. The van der Waals surface area contributed by atoms with Crippen LogP contribution in [0.4, 0.5) is 10.1 Å². The molecule has 20 heavy (non-hydrogen) atoms. The maximum Gasteiger partial charge on any atom is 0.254 e. The summed E-state index contributed by atoms with van der Waals surface area (Å²) in [5, 5.41) is 2.87. The summed E-state index contributed by atoms with van der Waals surface area (Å²) >= 11 is 0. The molecule has 2 rings (SSSR count). The average molecular weight is 280 g/mol. The van der Waals surface area contributed by atoms with Gasteiger partial charge in [0.2, 0.25) is 0 Å². The summed E-state index contributed by atoms with van der Waals surface area (Å²) in [7, 11) is 0. The Bertz CT molecular complexity index is 517. The minimum atomic E-state index is -0.596. The van der Waals surface area contributed by atoms with Gasteiger partial charge in [-0.15, -0.1) is 0 Å². The largest absolute Gasteiger partial charge is 0.399 e. The Balaban J connectivity index is 2.03. The van der Waals surface area contributed by atoms with Gasteiger partial charge in [-0.3, -0.25) is 4.79 Å². The molecule has 1 aromatic carbocycles. The fraction of sp³-hybridized carbons (Fsp3) is 0.533. The fourth-order valence-corrected chi connectivity index (χ4v) is 2.57. The lowest BCUT2D eigenvalue weighted by molar-refractivity contribution is -0.111. The van der Waals surface area contributed by atoms with Crippen LogP contribution in [0.15, 0.2) is 18.2 Å². The predicted octanol–water partition coefficient (Wildman–Crippen LogP) is 2.34. The first-order valence-corrected chi connectivity index (χ1v) is 6.83. The van der Waals surface area contributed by atoms with Crippen molar-refractivity contribution in [2.75, 3.05) is 12.3 Å². The molecular weight excluding hydrogens is 259 g/mol. The molecule has 2 unspecified atom stereocenters. The minimum Gasteiger partial charge on any atom is -0.399 e. The van der Waals surface area contributed by atoms with Gasteiger partial charge < -0.3 is 15.8 Å². The molecule has 0 spiro atoms. The van der Waals surface area contributed by atoms with Gasteiger partial charge in [0.25, 0.3) is 5.91 Å². The van der Waals surface area contributed by atoms with Gasteiger partial charge in [0.15, 0.2) is 0 Å². The zero-order valence-electron chi connectivity index (χ0n) is 12.1. The highest BCUT2D eigenvalue weighted by Gasteiger charge is 2.49. The molecular formula is C15H21FN2O2. The second-order valence-corrected chi connectivity index (χ2v) is 5.77. The van der Waals surface area contributed by atoms with E-state index in [1.54, 1.807) is 0 Å². The lowest BCUT2D eigenvalue weighted by Crippen LogP contribution is -2.62. The van der Waals surface area contributed by atoms with Crippen LogP contribution in [0.2, 0.25) is 0 Å². The number of nitrogen functional groups attached to an aromatic ring is 1. The molecule has 1 aliphatic carbocycles. The third kappa shape index (κ3) is 2.63. The number of amides is 1. The average Bonchev–Trinajstić information content (AvgIpc) is 2.37. The summed E-state index contributed by atoms with van der Waals surface area (Å²) in [6, 6.07) is 4.08. The Morgan fingerprint density at radius 2 is 2.25 bits per heavy atom. The molecule has 0 bridgehead atoms. The lowest BCUT2D eigenvalue weighted by atomic mass is 9.64. The van der Waals surface area contributed by atoms with E-state index in [4.69, 9.17) is 10.5 Å². The second kappa shape index (κ2) is 5.40. The molecule has 3 N–H and O–H groups in total. The smallest absolute Gasteiger partial charge is 0.254 e. The summed E-state index contributed by atoms with van der Waals surface area (Å²) in [5.41, 5.74) is 5.66. The number of hydrogen-bond donors (Lipinski definition) is 2. The van der Waals surface area contributed by atoms with Gasteiger partial charge in [0.1, 0.15) is 5.82 Å². The topological polar surface area (TPSA) is 64.3 Å². The summed E-state index contributed by atoms with van der Waals surface area (Å²) in [6.07, 6.45) is 0.887. The molecule has 0 aromatic heterocycles. The van der Waals surface area contributed by atoms with E-state index < -0.39 is 11.7 Å². The zero-order chi connectivity index (χ0) is 14.9. The third-order valence-electron chi connectivity index (χ3n) is 4.09. The first-order chi connectivity index (χ1) is 9.36. The van der Waals surface area contributed by atoms with Crippen LogP contribution >= 0.6 is 0 Å². The molecule has 110 valence electrons. The van der Waals surface area contributed by atoms with E-state index in [0.29, 0.717) is 12.3 Å². The molecule has 1 fully saturated rings. The van der Waals surface area contributed by atoms with E-state index in [9.17, 15) is 9.18 Å². The quantitative estimate of drug-likeness (QED) is 0.832. The maximum atomic E-state index is 13.7. The van der Waals surface area contributed by atoms with Crippen LogP contribution in [0.25, 0.3) is 0 Å². The van der Waals surface area contributed by atoms with Gasteiger partial charge in [-0.05, 0) is 31.5 Å². The molecule has 2 atom stereocenters. The Morgan fingerprint density at radius 3 is 2.80 bits per heavy atom. The molecule has 1 amide bonds. The number of benzene rings is 1. The van der Waals surface area contributed by atoms with Crippen molar-refractivity contribution in [3.8, 4) is 0 Å². The number of nitrogens with two attached hydrogens (primary N) is 1. The number of nitrogens with one attached hydrogen (secondary N) is 1. The van der Waals surface area contributed by atoms with Crippen LogP contribution in [0.5, 0.6) is 0 Å². The molecule has 4 nitrogen and oxygen atoms in total. The molecule has 0 saturated heterocycles. The van der Waals surface area contributed by atoms with Crippen molar-refractivity contribution < 1.29 is 13.9 Å². The predicted molar refractivity (Wildman–Crippen MR) is 75.9 cm³/mol. The Hall–Kier alpha value is -1.62. The highest BCUT2D eigenvalue weighted by Crippen LogP contribution is 2.42. The number of carbonyl (C=O) groups excluding carboxylic acids is 1. The second-order valence-electron chi connectivity index (χ2n) is 5.77. The first-order valence-electron chi connectivity index (χ1n) is 6.83. The zero-order valence-corrected chi connectivity index (χ0v) is 12.1. The Kier molecular flexibility index (Phi) is 3.99. The van der Waals surface area contributed by atoms with Crippen LogP contribution in [-0.4, -0.2) is 24.7 Å². The molecule has 0 aliphatic heterocycles. The van der Waals surface area contributed by atoms with Gasteiger partial charge >= 0.3 is 0 Å². The van der Waals surface area contributed by atoms with Crippen LogP contribution < -0.4 is 11.1 Å². The number of ether oxygens (including phenoxy) is 1. The summed E-state index contributed by atoms with van der Waals surface area (Å²) in [6.45, 7) is 6.69. The van der Waals surface area contributed by atoms with E-state index in [-0.39, 0.29) is 23.1 Å². The number of rotatable bonds is 4. The standard InChI is InChI=1S/C15H21FN2O2/c1-4-20-13-8-12(15(13,2)3)18-14(19)10-6-5-9(17)7-11(10)16/h5-7,12-13H,4,8,17H2,1-3H3,(H,18,19). The van der Waals surface area contributed by atoms with E-state index >= 15 is 0 Å². The van der Waals surface area contributed by atoms with Crippen molar-refractivity contribution in [3.05, 3.63) is 29.6 Å². The number of hydrogen-bond acceptors (Lipinski definition) is 3. The third-order valence-corrected chi connectivity index (χ3v) is 4.09. The van der Waals surface area contributed by atoms with Crippen LogP contribution in [0.3, 0.4) is 0 Å². The summed E-state index contributed by atoms with van der Waals surface area (Å²) < 4.78 is 19.3. The molecule has 1 aromatic rings. The van der Waals surface area contributed by atoms with Crippen LogP contribution in [0, 0.1) is 11.2 Å². The normalized spacial score (nSPS) is 24.0. The number of carbonyl (C=O) groups is 1. The van der Waals surface area contributed by atoms with Crippen molar-refractivity contribution in [1.82, 2.24) is 5.32 Å². The van der Waals surface area contributed by atoms with Crippen molar-refractivity contribution in [2.24, 2.45) is 5.41 Å². The van der Waals surface area contributed by atoms with E-state index in [0.717, 1.165) is 12.5 Å². The molecule has 1 saturated carbocycles. The molecule has 5 heteroatoms. The van der Waals surface area contributed by atoms with Gasteiger partial charge in [-0.2, -0.15) is 0 Å². The fourth-order valence-electron chi connectivity index (χ4n) is 2.57. The van der Waals surface area contributed by atoms with Gasteiger partial charge in [0.05, 0.1) is 11.7 Å². The molecule has 0 radical (unpaired) electrons. The van der Waals surface area contributed by atoms with Gasteiger partial charge in [-0.1, -0.05) is 13.8 Å². The van der Waals surface area contributed by atoms with Gasteiger partial charge in [-0.25, -0.2) is 4.39 Å². The van der Waals surface area contributed by atoms with Crippen molar-refractivity contribution >= 4 is 11.6 Å². The molecule has 1 aliphatic rings. The van der Waals surface area contributed by atoms with E-state index in [1.165, 1.54) is 12.1 Å². The lowest BCUT2D eigenvalue weighted by Gasteiger charge is -2.51. The highest BCUT2D eigenvalue weighted by molar-refractivity contribution is 5.95. The Labute approximate surface area is 118 Å². The van der Waals surface area contributed by atoms with E-state index in [2.05, 4.69) is 5.32 Å². The summed E-state index contributed by atoms with van der Waals surface area (Å²) in [4.78, 5) is 12.1. The van der Waals surface area contributed by atoms with Crippen LogP contribution in [-0.2, 0) is 4.74 Å². The van der Waals surface area contributed by atoms with E-state index in [1.807, 2.05) is 20.8 Å². The number of halogens is 1. The SMILES string of the molecule is CCOC1CC(NC(=O)c2ccc(N)cc2F)C1(C)C. The summed E-state index contributed by atoms with van der Waals surface area (Å²) in [5.74, 6) is -1.00. The van der Waals surface area contributed by atoms with Gasteiger partial charge in [0, 0.05) is 23.8 Å².